The van der Waals surface area contributed by atoms with Gasteiger partial charge >= 0.3 is 0 Å². The topological polar surface area (TPSA) is 27.7 Å². The van der Waals surface area contributed by atoms with Gasteiger partial charge in [-0.15, -0.1) is 0 Å². The summed E-state index contributed by atoms with van der Waals surface area (Å²) in [6.45, 7) is 0. The minimum absolute atomic E-state index is 0.431. The van der Waals surface area contributed by atoms with Crippen LogP contribution in [0.15, 0.2) is 157 Å². The molecular formula is C41H26N4. The Morgan fingerprint density at radius 3 is 1.71 bits per heavy atom. The minimum Gasteiger partial charge on any atom is -0.309 e. The summed E-state index contributed by atoms with van der Waals surface area (Å²) >= 11 is 0. The average Bonchev–Trinajstić information content (AvgIpc) is 3.99. The number of aromatic nitrogens is 4. The van der Waals surface area contributed by atoms with Crippen molar-refractivity contribution in [1.82, 2.24) is 18.7 Å². The molecule has 0 aliphatic rings. The van der Waals surface area contributed by atoms with Crippen LogP contribution in [-0.2, 0) is 0 Å². The molecule has 0 unspecified atom stereocenters. The number of hydrogen-bond donors (Lipinski definition) is 0. The van der Waals surface area contributed by atoms with Crippen molar-refractivity contribution in [1.29, 1.82) is 0 Å². The van der Waals surface area contributed by atoms with E-state index in [9.17, 15) is 8.22 Å². The number of benzene rings is 6. The van der Waals surface area contributed by atoms with E-state index >= 15 is 0 Å². The van der Waals surface area contributed by atoms with Gasteiger partial charge in [-0.05, 0) is 66.5 Å². The summed E-state index contributed by atoms with van der Waals surface area (Å²) in [4.78, 5) is 3.78. The van der Waals surface area contributed by atoms with E-state index in [1.54, 1.807) is 0 Å². The maximum Gasteiger partial charge on any atom is 0.0847 e. The second kappa shape index (κ2) is 9.18. The van der Waals surface area contributed by atoms with Crippen molar-refractivity contribution in [3.05, 3.63) is 157 Å². The van der Waals surface area contributed by atoms with Crippen LogP contribution >= 0.6 is 0 Å². The van der Waals surface area contributed by atoms with Crippen molar-refractivity contribution in [2.24, 2.45) is 0 Å². The molecular weight excluding hydrogens is 548 g/mol. The standard InChI is InChI=1S/C41H26N4/c1-3-11-27(12-4-1)43-37-21-19-29(44-35-17-9-8-16-31(35)34-26-42-24-23-38(34)44)25-33(37)40-39(43)22-20-32-30-15-7-10-18-36(30)45(41(32)40)28-13-5-2-6-14-28/h1-26H/i1D,2D,3D,4D,5D,6D,7D,8D,9D,10D,11D,12D,13D,14D,15D,16D,17D,18D,19D,20D,21D,22D,23D,24D,25D,26D. The molecule has 0 aliphatic carbocycles. The van der Waals surface area contributed by atoms with Crippen LogP contribution in [0.5, 0.6) is 0 Å². The van der Waals surface area contributed by atoms with Crippen LogP contribution in [0.2, 0.25) is 0 Å². The van der Waals surface area contributed by atoms with E-state index in [2.05, 4.69) is 4.98 Å². The summed E-state index contributed by atoms with van der Waals surface area (Å²) in [5.74, 6) is 0. The molecule has 0 atom stereocenters. The van der Waals surface area contributed by atoms with Crippen LogP contribution in [-0.4, -0.2) is 18.7 Å². The van der Waals surface area contributed by atoms with Gasteiger partial charge in [0.25, 0.3) is 0 Å². The molecule has 0 bridgehead atoms. The Labute approximate surface area is 295 Å². The number of rotatable bonds is 3. The maximum atomic E-state index is 10.2. The van der Waals surface area contributed by atoms with Gasteiger partial charge in [0.2, 0.25) is 0 Å². The smallest absolute Gasteiger partial charge is 0.0847 e. The number of pyridine rings is 1. The van der Waals surface area contributed by atoms with Gasteiger partial charge in [0, 0.05) is 61.7 Å². The summed E-state index contributed by atoms with van der Waals surface area (Å²) in [5, 5.41) is -3.20. The lowest BCUT2D eigenvalue weighted by atomic mass is 10.1. The van der Waals surface area contributed by atoms with Gasteiger partial charge in [-0.3, -0.25) is 4.98 Å². The average molecular weight is 601 g/mol. The first-order valence-electron chi connectivity index (χ1n) is 26.2. The lowest BCUT2D eigenvalue weighted by molar-refractivity contribution is 1.16. The highest BCUT2D eigenvalue weighted by Gasteiger charge is 2.22. The van der Waals surface area contributed by atoms with Crippen LogP contribution < -0.4 is 0 Å². The molecule has 0 amide bonds. The Balaban J connectivity index is 1.64. The molecule has 4 heteroatoms. The lowest BCUT2D eigenvalue weighted by Crippen LogP contribution is -1.95. The van der Waals surface area contributed by atoms with Crippen LogP contribution in [0.1, 0.15) is 35.6 Å². The molecule has 0 saturated carbocycles. The maximum absolute atomic E-state index is 10.2. The van der Waals surface area contributed by atoms with Gasteiger partial charge in [-0.1, -0.05) is 78.6 Å². The monoisotopic (exact) mass is 600 g/mol. The van der Waals surface area contributed by atoms with Gasteiger partial charge in [0.1, 0.15) is 0 Å². The Morgan fingerprint density at radius 1 is 0.400 bits per heavy atom. The molecule has 10 aromatic rings. The van der Waals surface area contributed by atoms with Crippen LogP contribution in [0.25, 0.3) is 82.5 Å². The molecule has 0 N–H and O–H groups in total. The predicted molar refractivity (Wildman–Crippen MR) is 187 cm³/mol. The normalized spacial score (nSPS) is 20.1. The highest BCUT2D eigenvalue weighted by atomic mass is 15.0. The van der Waals surface area contributed by atoms with Gasteiger partial charge in [0.05, 0.1) is 68.7 Å². The summed E-state index contributed by atoms with van der Waals surface area (Å²) in [6, 6.07) is -21.8. The number of hydrogen-bond acceptors (Lipinski definition) is 1. The Morgan fingerprint density at radius 2 is 0.956 bits per heavy atom. The summed E-state index contributed by atoms with van der Waals surface area (Å²) in [5.41, 5.74) is -6.09. The second-order valence-corrected chi connectivity index (χ2v) is 9.73. The van der Waals surface area contributed by atoms with Crippen LogP contribution in [0, 0.1) is 0 Å². The zero-order chi connectivity index (χ0) is 52.1. The van der Waals surface area contributed by atoms with E-state index in [0.29, 0.717) is 0 Å². The molecule has 0 radical (unpaired) electrons. The van der Waals surface area contributed by atoms with Gasteiger partial charge in [-0.25, -0.2) is 0 Å². The molecule has 4 aromatic heterocycles. The molecule has 4 nitrogen and oxygen atoms in total. The highest BCUT2D eigenvalue weighted by molar-refractivity contribution is 6.26. The van der Waals surface area contributed by atoms with E-state index in [1.165, 1.54) is 0 Å². The van der Waals surface area contributed by atoms with Gasteiger partial charge < -0.3 is 13.7 Å². The van der Waals surface area contributed by atoms with Crippen molar-refractivity contribution in [2.45, 2.75) is 0 Å². The molecule has 210 valence electrons. The summed E-state index contributed by atoms with van der Waals surface area (Å²) < 4.78 is 236. The van der Waals surface area contributed by atoms with Crippen molar-refractivity contribution in [3.8, 4) is 17.1 Å². The lowest BCUT2D eigenvalue weighted by Gasteiger charge is -2.10. The summed E-state index contributed by atoms with van der Waals surface area (Å²) in [7, 11) is 0. The molecule has 10 rings (SSSR count). The van der Waals surface area contributed by atoms with E-state index in [1.807, 2.05) is 0 Å². The third-order valence-corrected chi connectivity index (χ3v) is 7.50. The zero-order valence-electron chi connectivity index (χ0n) is 48.3. The van der Waals surface area contributed by atoms with E-state index < -0.39 is 240 Å². The minimum atomic E-state index is -1.01. The summed E-state index contributed by atoms with van der Waals surface area (Å²) in [6.07, 6.45) is -1.61. The van der Waals surface area contributed by atoms with E-state index in [-0.39, 0.29) is 0 Å². The first-order chi connectivity index (χ1) is 33.2. The number of nitrogens with zero attached hydrogens (tertiary/aromatic N) is 4. The van der Waals surface area contributed by atoms with Crippen LogP contribution in [0.4, 0.5) is 0 Å². The molecule has 6 aromatic carbocycles. The fourth-order valence-corrected chi connectivity index (χ4v) is 5.79. The number of para-hydroxylation sites is 4. The van der Waals surface area contributed by atoms with Crippen molar-refractivity contribution >= 4 is 65.4 Å². The first-order valence-corrected chi connectivity index (χ1v) is 13.2. The molecule has 0 fully saturated rings. The quantitative estimate of drug-likeness (QED) is 0.198. The predicted octanol–water partition coefficient (Wildman–Crippen LogP) is 10.4. The third-order valence-electron chi connectivity index (χ3n) is 7.50. The SMILES string of the molecule is [2H]c1nc([2H])c2c3c([2H])c([2H])c([2H])c([2H])c3n(-c3c([2H])c([2H])c4c(c3[2H])c3c(c([2H])c([2H])c5c6c([2H])c([2H])c([2H])c([2H])c6n(-c6c([2H])c([2H])c([2H])c([2H])c6[2H])c53)n4-c3c([2H])c([2H])c([2H])c([2H])c3[2H])c2c1[2H]. The van der Waals surface area contributed by atoms with Crippen molar-refractivity contribution in [2.75, 3.05) is 0 Å². The van der Waals surface area contributed by atoms with Gasteiger partial charge in [-0.2, -0.15) is 0 Å². The van der Waals surface area contributed by atoms with E-state index in [0.717, 1.165) is 13.7 Å². The fraction of sp³-hybridized carbons (Fsp3) is 0. The third kappa shape index (κ3) is 3.34. The van der Waals surface area contributed by atoms with E-state index in [4.69, 9.17) is 27.4 Å². The first kappa shape index (κ1) is 10.2. The van der Waals surface area contributed by atoms with Crippen molar-refractivity contribution in [3.63, 3.8) is 0 Å². The highest BCUT2D eigenvalue weighted by Crippen LogP contribution is 2.43. The Bertz CT molecular complexity index is 4190. The zero-order valence-corrected chi connectivity index (χ0v) is 22.3. The molecule has 0 spiro atoms. The number of fused-ring (bicyclic) bond motifs is 10. The molecule has 0 saturated heterocycles. The van der Waals surface area contributed by atoms with Crippen molar-refractivity contribution < 1.29 is 35.6 Å². The van der Waals surface area contributed by atoms with Gasteiger partial charge in [0.15, 0.2) is 0 Å². The fourth-order valence-electron chi connectivity index (χ4n) is 5.79. The largest absolute Gasteiger partial charge is 0.309 e. The molecule has 4 heterocycles. The van der Waals surface area contributed by atoms with Crippen LogP contribution in [0.3, 0.4) is 0 Å². The Hall–Kier alpha value is -6.13. The Kier molecular flexibility index (Phi) is 2.08. The second-order valence-electron chi connectivity index (χ2n) is 9.73. The molecule has 0 aliphatic heterocycles. The molecule has 45 heavy (non-hydrogen) atoms.